The monoisotopic (exact) mass is 475 g/mol. The number of carboxylic acid groups (broad SMARTS) is 1. The van der Waals surface area contributed by atoms with Gasteiger partial charge in [0.25, 0.3) is 0 Å². The van der Waals surface area contributed by atoms with E-state index in [1.807, 2.05) is 5.32 Å². The average Bonchev–Trinajstić information content (AvgIpc) is 2.71. The molecule has 0 heterocycles. The van der Waals surface area contributed by atoms with Gasteiger partial charge in [0.1, 0.15) is 18.1 Å². The lowest BCUT2D eigenvalue weighted by Crippen LogP contribution is -2.58. The maximum absolute atomic E-state index is 12.5. The number of nitrogens with one attached hydrogen (secondary N) is 3. The van der Waals surface area contributed by atoms with E-state index >= 15 is 0 Å². The fourth-order valence-electron chi connectivity index (χ4n) is 2.40. The minimum atomic E-state index is -1.71. The van der Waals surface area contributed by atoms with E-state index < -0.39 is 78.6 Å². The van der Waals surface area contributed by atoms with Crippen molar-refractivity contribution < 1.29 is 43.8 Å². The third-order valence-electron chi connectivity index (χ3n) is 4.19. The summed E-state index contributed by atoms with van der Waals surface area (Å²) in [5.74, 6) is -7.17. The molecule has 13 N–H and O–H groups in total. The lowest BCUT2D eigenvalue weighted by molar-refractivity contribution is -0.144. The van der Waals surface area contributed by atoms with Gasteiger partial charge < -0.3 is 49.1 Å². The average molecular weight is 475 g/mol. The number of rotatable bonds is 16. The molecular weight excluding hydrogens is 446 g/mol. The van der Waals surface area contributed by atoms with Crippen LogP contribution in [0, 0.1) is 0 Å². The summed E-state index contributed by atoms with van der Waals surface area (Å²) in [6, 6.07) is -6.03. The second kappa shape index (κ2) is 14.3. The van der Waals surface area contributed by atoms with Crippen LogP contribution < -0.4 is 38.9 Å². The van der Waals surface area contributed by atoms with Gasteiger partial charge in [0.2, 0.25) is 35.4 Å². The number of carboxylic acids is 1. The smallest absolute Gasteiger partial charge is 0.326 e. The summed E-state index contributed by atoms with van der Waals surface area (Å²) < 4.78 is 0. The van der Waals surface area contributed by atoms with E-state index in [0.717, 1.165) is 0 Å². The van der Waals surface area contributed by atoms with Crippen LogP contribution in [0.4, 0.5) is 0 Å². The summed E-state index contributed by atoms with van der Waals surface area (Å²) >= 11 is 0. The highest BCUT2D eigenvalue weighted by Gasteiger charge is 2.30. The first-order chi connectivity index (χ1) is 15.3. The van der Waals surface area contributed by atoms with Crippen LogP contribution in [-0.4, -0.2) is 82.4 Å². The number of aliphatic carboxylic acids is 1. The van der Waals surface area contributed by atoms with E-state index in [1.165, 1.54) is 0 Å². The minimum absolute atomic E-state index is 0.124. The molecular formula is C17H29N7O9. The number of hydrogen-bond acceptors (Lipinski definition) is 9. The quantitative estimate of drug-likeness (QED) is 0.102. The van der Waals surface area contributed by atoms with Crippen LogP contribution in [0.15, 0.2) is 0 Å². The molecule has 0 bridgehead atoms. The molecule has 33 heavy (non-hydrogen) atoms. The molecule has 186 valence electrons. The number of aliphatic hydroxyl groups is 1. The van der Waals surface area contributed by atoms with Crippen molar-refractivity contribution in [2.24, 2.45) is 22.9 Å². The van der Waals surface area contributed by atoms with Crippen molar-refractivity contribution in [3.63, 3.8) is 0 Å². The Balaban J connectivity index is 5.32. The third kappa shape index (κ3) is 12.0. The molecule has 0 aliphatic carbocycles. The zero-order valence-electron chi connectivity index (χ0n) is 17.6. The number of nitrogens with two attached hydrogens (primary N) is 4. The minimum Gasteiger partial charge on any atom is -0.480 e. The first-order valence-electron chi connectivity index (χ1n) is 9.63. The Labute approximate surface area is 187 Å². The van der Waals surface area contributed by atoms with E-state index in [4.69, 9.17) is 28.0 Å². The van der Waals surface area contributed by atoms with Crippen molar-refractivity contribution in [3.8, 4) is 0 Å². The number of hydrogen-bond donors (Lipinski definition) is 9. The van der Waals surface area contributed by atoms with Gasteiger partial charge in [-0.05, 0) is 12.8 Å². The van der Waals surface area contributed by atoms with Gasteiger partial charge >= 0.3 is 5.97 Å². The van der Waals surface area contributed by atoms with Gasteiger partial charge in [-0.1, -0.05) is 0 Å². The van der Waals surface area contributed by atoms with Crippen LogP contribution in [0.2, 0.25) is 0 Å². The molecule has 0 fully saturated rings. The highest BCUT2D eigenvalue weighted by atomic mass is 16.4. The van der Waals surface area contributed by atoms with Crippen LogP contribution in [0.25, 0.3) is 0 Å². The van der Waals surface area contributed by atoms with E-state index in [1.54, 1.807) is 0 Å². The standard InChI is InChI=1S/C17H29N7O9/c18-7(1-3-11(19)26)14(29)24-10(6-25)16(31)22-8(2-4-12(20)27)15(30)23-9(17(32)33)5-13(21)28/h7-10,25H,1-6,18H2,(H2,19,26)(H2,20,27)(H2,21,28)(H,22,31)(H,23,30)(H,24,29)(H,32,33). The number of carbonyl (C=O) groups excluding carboxylic acids is 6. The Morgan fingerprint density at radius 3 is 1.58 bits per heavy atom. The summed E-state index contributed by atoms with van der Waals surface area (Å²) in [6.45, 7) is -0.913. The maximum Gasteiger partial charge on any atom is 0.326 e. The molecule has 0 radical (unpaired) electrons. The molecule has 16 nitrogen and oxygen atoms in total. The third-order valence-corrected chi connectivity index (χ3v) is 4.19. The Hall–Kier alpha value is -3.79. The Morgan fingerprint density at radius 2 is 1.12 bits per heavy atom. The molecule has 0 aromatic heterocycles. The van der Waals surface area contributed by atoms with Gasteiger partial charge in [0.15, 0.2) is 0 Å². The lowest BCUT2D eigenvalue weighted by atomic mass is 10.1. The zero-order valence-corrected chi connectivity index (χ0v) is 17.6. The van der Waals surface area contributed by atoms with E-state index in [0.29, 0.717) is 0 Å². The fourth-order valence-corrected chi connectivity index (χ4v) is 2.40. The molecule has 0 spiro atoms. The number of aliphatic hydroxyl groups excluding tert-OH is 1. The SMILES string of the molecule is NC(=O)CCC(N)C(=O)NC(CO)C(=O)NC(CCC(N)=O)C(=O)NC(CC(N)=O)C(=O)O. The summed E-state index contributed by atoms with van der Waals surface area (Å²) in [4.78, 5) is 81.1. The molecule has 0 saturated heterocycles. The predicted octanol–water partition coefficient (Wildman–Crippen LogP) is -5.75. The van der Waals surface area contributed by atoms with E-state index in [2.05, 4.69) is 10.6 Å². The van der Waals surface area contributed by atoms with Gasteiger partial charge in [-0.15, -0.1) is 0 Å². The van der Waals surface area contributed by atoms with Gasteiger partial charge in [-0.2, -0.15) is 0 Å². The van der Waals surface area contributed by atoms with Crippen molar-refractivity contribution in [3.05, 3.63) is 0 Å². The molecule has 0 rings (SSSR count). The van der Waals surface area contributed by atoms with Crippen molar-refractivity contribution in [2.45, 2.75) is 56.3 Å². The summed E-state index contributed by atoms with van der Waals surface area (Å²) in [6.07, 6.45) is -1.81. The molecule has 0 saturated carbocycles. The maximum atomic E-state index is 12.5. The van der Waals surface area contributed by atoms with Crippen LogP contribution in [0.1, 0.15) is 32.1 Å². The molecule has 0 aromatic carbocycles. The normalized spacial score (nSPS) is 14.1. The summed E-state index contributed by atoms with van der Waals surface area (Å²) in [5, 5.41) is 24.8. The lowest BCUT2D eigenvalue weighted by Gasteiger charge is -2.24. The summed E-state index contributed by atoms with van der Waals surface area (Å²) in [7, 11) is 0. The van der Waals surface area contributed by atoms with E-state index in [9.17, 15) is 38.7 Å². The molecule has 0 aromatic rings. The molecule has 0 aliphatic heterocycles. The first-order valence-corrected chi connectivity index (χ1v) is 9.63. The van der Waals surface area contributed by atoms with Crippen LogP contribution >= 0.6 is 0 Å². The van der Waals surface area contributed by atoms with Crippen molar-refractivity contribution in [1.82, 2.24) is 16.0 Å². The largest absolute Gasteiger partial charge is 0.480 e. The van der Waals surface area contributed by atoms with Crippen molar-refractivity contribution >= 4 is 41.4 Å². The highest BCUT2D eigenvalue weighted by molar-refractivity contribution is 5.95. The topological polar surface area (TPSA) is 300 Å². The van der Waals surface area contributed by atoms with Gasteiger partial charge in [-0.25, -0.2) is 4.79 Å². The highest BCUT2D eigenvalue weighted by Crippen LogP contribution is 2.02. The number of amides is 6. The zero-order chi connectivity index (χ0) is 25.7. The van der Waals surface area contributed by atoms with Crippen LogP contribution in [0.5, 0.6) is 0 Å². The Kier molecular flexibility index (Phi) is 12.7. The predicted molar refractivity (Wildman–Crippen MR) is 109 cm³/mol. The second-order valence-corrected chi connectivity index (χ2v) is 6.99. The molecule has 16 heteroatoms. The van der Waals surface area contributed by atoms with Gasteiger partial charge in [-0.3, -0.25) is 28.8 Å². The molecule has 0 aliphatic rings. The Bertz CT molecular complexity index is 774. The second-order valence-electron chi connectivity index (χ2n) is 6.99. The van der Waals surface area contributed by atoms with Gasteiger partial charge in [0.05, 0.1) is 19.1 Å². The Morgan fingerprint density at radius 1 is 0.667 bits per heavy atom. The molecule has 4 unspecified atom stereocenters. The van der Waals surface area contributed by atoms with Crippen molar-refractivity contribution in [1.29, 1.82) is 0 Å². The number of primary amides is 3. The van der Waals surface area contributed by atoms with Crippen molar-refractivity contribution in [2.75, 3.05) is 6.61 Å². The summed E-state index contributed by atoms with van der Waals surface area (Å²) in [5.41, 5.74) is 20.5. The molecule has 4 atom stereocenters. The first kappa shape index (κ1) is 29.2. The van der Waals surface area contributed by atoms with E-state index in [-0.39, 0.29) is 25.7 Å². The molecule has 6 amide bonds. The van der Waals surface area contributed by atoms with Crippen LogP contribution in [0.3, 0.4) is 0 Å². The van der Waals surface area contributed by atoms with Crippen LogP contribution in [-0.2, 0) is 33.6 Å². The van der Waals surface area contributed by atoms with Gasteiger partial charge in [0, 0.05) is 12.8 Å². The fraction of sp³-hybridized carbons (Fsp3) is 0.588. The number of carbonyl (C=O) groups is 7.